The topological polar surface area (TPSA) is 52.6 Å². The van der Waals surface area contributed by atoms with Crippen LogP contribution in [0.5, 0.6) is 0 Å². The van der Waals surface area contributed by atoms with Crippen LogP contribution in [-0.2, 0) is 19.1 Å². The number of esters is 1. The molecule has 4 nitrogen and oxygen atoms in total. The molecule has 0 aromatic rings. The minimum absolute atomic E-state index is 0.224. The summed E-state index contributed by atoms with van der Waals surface area (Å²) in [5.41, 5.74) is -0.871. The Bertz CT molecular complexity index is 272. The fourth-order valence-corrected chi connectivity index (χ4v) is 2.27. The Balaban J connectivity index is 2.42. The van der Waals surface area contributed by atoms with E-state index in [4.69, 9.17) is 9.47 Å². The zero-order chi connectivity index (χ0) is 12.9. The molecule has 98 valence electrons. The van der Waals surface area contributed by atoms with Crippen molar-refractivity contribution in [2.24, 2.45) is 0 Å². The second-order valence-corrected chi connectivity index (χ2v) is 5.69. The van der Waals surface area contributed by atoms with Crippen LogP contribution in [0, 0.1) is 0 Å². The fraction of sp³-hybridized carbons (Fsp3) is 0.846. The third kappa shape index (κ3) is 4.75. The van der Waals surface area contributed by atoms with E-state index in [9.17, 15) is 9.59 Å². The predicted octanol–water partition coefficient (Wildman–Crippen LogP) is 2.59. The van der Waals surface area contributed by atoms with Gasteiger partial charge in [0.15, 0.2) is 0 Å². The van der Waals surface area contributed by atoms with Crippen LogP contribution in [0.15, 0.2) is 0 Å². The fourth-order valence-electron chi connectivity index (χ4n) is 2.27. The van der Waals surface area contributed by atoms with Crippen LogP contribution in [-0.4, -0.2) is 23.6 Å². The van der Waals surface area contributed by atoms with Gasteiger partial charge in [-0.25, -0.2) is 0 Å². The lowest BCUT2D eigenvalue weighted by Gasteiger charge is -2.27. The van der Waals surface area contributed by atoms with Gasteiger partial charge in [0.1, 0.15) is 11.2 Å². The molecule has 0 spiro atoms. The van der Waals surface area contributed by atoms with Crippen molar-refractivity contribution < 1.29 is 19.1 Å². The van der Waals surface area contributed by atoms with Crippen molar-refractivity contribution in [3.05, 3.63) is 0 Å². The van der Waals surface area contributed by atoms with E-state index in [1.807, 2.05) is 20.8 Å². The average molecular weight is 242 g/mol. The van der Waals surface area contributed by atoms with Gasteiger partial charge in [0.25, 0.3) is 6.47 Å². The highest BCUT2D eigenvalue weighted by molar-refractivity contribution is 5.70. The lowest BCUT2D eigenvalue weighted by Crippen LogP contribution is -2.31. The molecule has 1 rings (SSSR count). The van der Waals surface area contributed by atoms with Crippen LogP contribution in [0.3, 0.4) is 0 Å². The summed E-state index contributed by atoms with van der Waals surface area (Å²) in [6.07, 6.45) is 4.71. The Hall–Kier alpha value is -1.06. The highest BCUT2D eigenvalue weighted by Gasteiger charge is 2.36. The average Bonchev–Trinajstić information content (AvgIpc) is 2.62. The first-order valence-electron chi connectivity index (χ1n) is 6.20. The largest absolute Gasteiger partial charge is 0.461 e. The van der Waals surface area contributed by atoms with Crippen molar-refractivity contribution in [2.45, 2.75) is 70.5 Å². The van der Waals surface area contributed by atoms with Crippen molar-refractivity contribution in [2.75, 3.05) is 0 Å². The zero-order valence-electron chi connectivity index (χ0n) is 11.0. The van der Waals surface area contributed by atoms with E-state index < -0.39 is 11.2 Å². The first-order chi connectivity index (χ1) is 7.87. The maximum absolute atomic E-state index is 11.6. The minimum Gasteiger partial charge on any atom is -0.461 e. The molecule has 0 aliphatic heterocycles. The quantitative estimate of drug-likeness (QED) is 0.549. The van der Waals surface area contributed by atoms with E-state index in [0.717, 1.165) is 25.7 Å². The van der Waals surface area contributed by atoms with Gasteiger partial charge in [0, 0.05) is 6.42 Å². The molecule has 4 heteroatoms. The number of ether oxygens (including phenoxy) is 2. The summed E-state index contributed by atoms with van der Waals surface area (Å²) in [4.78, 5) is 22.1. The Kier molecular flexibility index (Phi) is 4.54. The Morgan fingerprint density at radius 2 is 1.88 bits per heavy atom. The van der Waals surface area contributed by atoms with Gasteiger partial charge >= 0.3 is 5.97 Å². The normalized spacial score (nSPS) is 18.8. The second-order valence-electron chi connectivity index (χ2n) is 5.69. The van der Waals surface area contributed by atoms with Gasteiger partial charge in [-0.2, -0.15) is 0 Å². The van der Waals surface area contributed by atoms with E-state index in [2.05, 4.69) is 0 Å². The highest BCUT2D eigenvalue weighted by atomic mass is 16.6. The molecule has 1 fully saturated rings. The van der Waals surface area contributed by atoms with Crippen LogP contribution >= 0.6 is 0 Å². The molecule has 0 bridgehead atoms. The molecular weight excluding hydrogens is 220 g/mol. The van der Waals surface area contributed by atoms with E-state index in [-0.39, 0.29) is 5.97 Å². The molecule has 0 radical (unpaired) electrons. The zero-order valence-corrected chi connectivity index (χ0v) is 11.0. The third-order valence-electron chi connectivity index (χ3n) is 3.02. The Morgan fingerprint density at radius 3 is 2.35 bits per heavy atom. The van der Waals surface area contributed by atoms with Gasteiger partial charge < -0.3 is 9.47 Å². The SMILES string of the molecule is CC(C)(C)OC(=O)CCC1(OC=O)CCCC1. The van der Waals surface area contributed by atoms with Crippen LogP contribution < -0.4 is 0 Å². The smallest absolute Gasteiger partial charge is 0.306 e. The molecular formula is C13H22O4. The van der Waals surface area contributed by atoms with Crippen molar-refractivity contribution >= 4 is 12.4 Å². The lowest BCUT2D eigenvalue weighted by molar-refractivity contribution is -0.159. The maximum Gasteiger partial charge on any atom is 0.306 e. The van der Waals surface area contributed by atoms with Crippen molar-refractivity contribution in [1.82, 2.24) is 0 Å². The van der Waals surface area contributed by atoms with Crippen LogP contribution in [0.25, 0.3) is 0 Å². The van der Waals surface area contributed by atoms with Gasteiger partial charge in [0.2, 0.25) is 0 Å². The first-order valence-corrected chi connectivity index (χ1v) is 6.20. The molecule has 0 aromatic carbocycles. The number of carbonyl (C=O) groups is 2. The van der Waals surface area contributed by atoms with Crippen molar-refractivity contribution in [1.29, 1.82) is 0 Å². The van der Waals surface area contributed by atoms with Crippen molar-refractivity contribution in [3.63, 3.8) is 0 Å². The van der Waals surface area contributed by atoms with E-state index in [1.165, 1.54) is 0 Å². The molecule has 0 heterocycles. The minimum atomic E-state index is -0.453. The van der Waals surface area contributed by atoms with Crippen LogP contribution in [0.1, 0.15) is 59.3 Å². The summed E-state index contributed by atoms with van der Waals surface area (Å²) in [5, 5.41) is 0. The van der Waals surface area contributed by atoms with Crippen molar-refractivity contribution in [3.8, 4) is 0 Å². The lowest BCUT2D eigenvalue weighted by atomic mass is 9.95. The molecule has 17 heavy (non-hydrogen) atoms. The molecule has 0 amide bonds. The molecule has 1 aliphatic rings. The molecule has 0 aromatic heterocycles. The third-order valence-corrected chi connectivity index (χ3v) is 3.02. The van der Waals surface area contributed by atoms with Gasteiger partial charge in [-0.1, -0.05) is 0 Å². The Labute approximate surface area is 103 Å². The van der Waals surface area contributed by atoms with Crippen LogP contribution in [0.2, 0.25) is 0 Å². The summed E-state index contributed by atoms with van der Waals surface area (Å²) in [6.45, 7) is 6.04. The molecule has 0 saturated heterocycles. The van der Waals surface area contributed by atoms with Gasteiger partial charge in [0.05, 0.1) is 0 Å². The summed E-state index contributed by atoms with van der Waals surface area (Å²) in [6, 6.07) is 0. The Morgan fingerprint density at radius 1 is 1.29 bits per heavy atom. The van der Waals surface area contributed by atoms with E-state index in [0.29, 0.717) is 19.3 Å². The summed E-state index contributed by atoms with van der Waals surface area (Å²) in [5.74, 6) is -0.224. The summed E-state index contributed by atoms with van der Waals surface area (Å²) < 4.78 is 10.4. The molecule has 0 unspecified atom stereocenters. The van der Waals surface area contributed by atoms with Gasteiger partial charge in [-0.15, -0.1) is 0 Å². The number of carbonyl (C=O) groups excluding carboxylic acids is 2. The van der Waals surface area contributed by atoms with E-state index in [1.54, 1.807) is 0 Å². The highest BCUT2D eigenvalue weighted by Crippen LogP contribution is 2.36. The predicted molar refractivity (Wildman–Crippen MR) is 63.4 cm³/mol. The molecule has 0 atom stereocenters. The monoisotopic (exact) mass is 242 g/mol. The van der Waals surface area contributed by atoms with Gasteiger partial charge in [-0.05, 0) is 52.9 Å². The molecule has 1 aliphatic carbocycles. The number of hydrogen-bond acceptors (Lipinski definition) is 4. The molecule has 0 N–H and O–H groups in total. The summed E-state index contributed by atoms with van der Waals surface area (Å²) in [7, 11) is 0. The van der Waals surface area contributed by atoms with E-state index >= 15 is 0 Å². The second kappa shape index (κ2) is 5.52. The number of hydrogen-bond donors (Lipinski definition) is 0. The standard InChI is InChI=1S/C13H22O4/c1-12(2,3)17-11(15)6-9-13(16-10-14)7-4-5-8-13/h10H,4-9H2,1-3H3. The number of rotatable bonds is 5. The van der Waals surface area contributed by atoms with Crippen LogP contribution in [0.4, 0.5) is 0 Å². The maximum atomic E-state index is 11.6. The summed E-state index contributed by atoms with van der Waals surface area (Å²) >= 11 is 0. The molecule has 1 saturated carbocycles. The van der Waals surface area contributed by atoms with Gasteiger partial charge in [-0.3, -0.25) is 9.59 Å². The first kappa shape index (κ1) is 14.0.